The summed E-state index contributed by atoms with van der Waals surface area (Å²) in [6.45, 7) is 4.39. The SMILES string of the molecule is CC1(C)CCC[C@@H]([C@H]2c3ccccc3-c3cncn32)C1O. The van der Waals surface area contributed by atoms with E-state index in [2.05, 4.69) is 47.7 Å². The number of hydrogen-bond donors (Lipinski definition) is 1. The zero-order chi connectivity index (χ0) is 14.6. The van der Waals surface area contributed by atoms with E-state index in [9.17, 15) is 5.11 Å². The molecule has 0 radical (unpaired) electrons. The summed E-state index contributed by atoms with van der Waals surface area (Å²) in [5.41, 5.74) is 3.81. The van der Waals surface area contributed by atoms with Crippen molar-refractivity contribution in [3.8, 4) is 11.3 Å². The van der Waals surface area contributed by atoms with Crippen molar-refractivity contribution in [3.05, 3.63) is 42.4 Å². The number of hydrogen-bond acceptors (Lipinski definition) is 2. The molecule has 4 rings (SSSR count). The molecular weight excluding hydrogens is 260 g/mol. The van der Waals surface area contributed by atoms with E-state index in [-0.39, 0.29) is 23.5 Å². The van der Waals surface area contributed by atoms with Gasteiger partial charge in [0.2, 0.25) is 0 Å². The lowest BCUT2D eigenvalue weighted by atomic mass is 9.66. The molecule has 0 bridgehead atoms. The Hall–Kier alpha value is -1.61. The van der Waals surface area contributed by atoms with Crippen LogP contribution in [0.4, 0.5) is 0 Å². The summed E-state index contributed by atoms with van der Waals surface area (Å²) in [5, 5.41) is 10.9. The highest BCUT2D eigenvalue weighted by molar-refractivity contribution is 5.69. The van der Waals surface area contributed by atoms with Gasteiger partial charge >= 0.3 is 0 Å². The molecule has 1 aromatic carbocycles. The monoisotopic (exact) mass is 282 g/mol. The summed E-state index contributed by atoms with van der Waals surface area (Å²) in [6, 6.07) is 8.80. The van der Waals surface area contributed by atoms with Crippen LogP contribution in [0.3, 0.4) is 0 Å². The molecule has 0 amide bonds. The third kappa shape index (κ3) is 1.80. The van der Waals surface area contributed by atoms with Gasteiger partial charge in [-0.05, 0) is 23.8 Å². The third-order valence-corrected chi connectivity index (χ3v) is 5.49. The second-order valence-electron chi connectivity index (χ2n) is 7.21. The predicted molar refractivity (Wildman–Crippen MR) is 82.9 cm³/mol. The van der Waals surface area contributed by atoms with Gasteiger partial charge in [-0.2, -0.15) is 0 Å². The number of rotatable bonds is 1. The fourth-order valence-electron chi connectivity index (χ4n) is 4.32. The van der Waals surface area contributed by atoms with Gasteiger partial charge in [-0.1, -0.05) is 44.5 Å². The van der Waals surface area contributed by atoms with Gasteiger partial charge in [0.1, 0.15) is 0 Å². The molecule has 0 spiro atoms. The smallest absolute Gasteiger partial charge is 0.0956 e. The lowest BCUT2D eigenvalue weighted by molar-refractivity contribution is -0.0443. The van der Waals surface area contributed by atoms with Gasteiger partial charge in [0.15, 0.2) is 0 Å². The van der Waals surface area contributed by atoms with Crippen molar-refractivity contribution in [3.63, 3.8) is 0 Å². The van der Waals surface area contributed by atoms with Crippen LogP contribution in [0.5, 0.6) is 0 Å². The van der Waals surface area contributed by atoms with Gasteiger partial charge < -0.3 is 9.67 Å². The summed E-state index contributed by atoms with van der Waals surface area (Å²) in [7, 11) is 0. The Morgan fingerprint density at radius 3 is 2.95 bits per heavy atom. The summed E-state index contributed by atoms with van der Waals surface area (Å²) < 4.78 is 2.26. The second-order valence-corrected chi connectivity index (χ2v) is 7.21. The molecule has 1 N–H and O–H groups in total. The molecule has 3 atom stereocenters. The van der Waals surface area contributed by atoms with Crippen molar-refractivity contribution >= 4 is 0 Å². The van der Waals surface area contributed by atoms with Gasteiger partial charge in [-0.3, -0.25) is 0 Å². The van der Waals surface area contributed by atoms with E-state index < -0.39 is 0 Å². The van der Waals surface area contributed by atoms with E-state index in [1.165, 1.54) is 23.2 Å². The summed E-state index contributed by atoms with van der Waals surface area (Å²) in [5.74, 6) is 0.269. The topological polar surface area (TPSA) is 38.0 Å². The van der Waals surface area contributed by atoms with Crippen LogP contribution in [0.15, 0.2) is 36.8 Å². The van der Waals surface area contributed by atoms with Crippen LogP contribution < -0.4 is 0 Å². The molecule has 21 heavy (non-hydrogen) atoms. The predicted octanol–water partition coefficient (Wildman–Crippen LogP) is 3.64. The van der Waals surface area contributed by atoms with E-state index in [4.69, 9.17) is 0 Å². The lowest BCUT2D eigenvalue weighted by Crippen LogP contribution is -2.43. The number of imidazole rings is 1. The minimum Gasteiger partial charge on any atom is -0.392 e. The molecule has 1 saturated carbocycles. The van der Waals surface area contributed by atoms with Crippen molar-refractivity contribution in [2.45, 2.75) is 45.3 Å². The molecule has 1 unspecified atom stereocenters. The molecule has 110 valence electrons. The first-order valence-electron chi connectivity index (χ1n) is 7.89. The molecule has 1 fully saturated rings. The first kappa shape index (κ1) is 13.1. The van der Waals surface area contributed by atoms with Crippen molar-refractivity contribution in [2.75, 3.05) is 0 Å². The van der Waals surface area contributed by atoms with E-state index in [0.717, 1.165) is 12.8 Å². The Morgan fingerprint density at radius 1 is 1.29 bits per heavy atom. The van der Waals surface area contributed by atoms with Gasteiger partial charge in [0.25, 0.3) is 0 Å². The highest BCUT2D eigenvalue weighted by Gasteiger charge is 2.45. The van der Waals surface area contributed by atoms with E-state index in [1.807, 2.05) is 12.5 Å². The van der Waals surface area contributed by atoms with Crippen LogP contribution >= 0.6 is 0 Å². The maximum atomic E-state index is 10.9. The van der Waals surface area contributed by atoms with Crippen molar-refractivity contribution in [1.82, 2.24) is 9.55 Å². The minimum atomic E-state index is -0.266. The summed E-state index contributed by atoms with van der Waals surface area (Å²) >= 11 is 0. The van der Waals surface area contributed by atoms with Crippen LogP contribution in [0.25, 0.3) is 11.3 Å². The quantitative estimate of drug-likeness (QED) is 0.867. The summed E-state index contributed by atoms with van der Waals surface area (Å²) in [6.07, 6.45) is 6.99. The van der Waals surface area contributed by atoms with Gasteiger partial charge in [0.05, 0.1) is 30.4 Å². The minimum absolute atomic E-state index is 0.00119. The fourth-order valence-corrected chi connectivity index (χ4v) is 4.32. The van der Waals surface area contributed by atoms with Crippen LogP contribution in [0.2, 0.25) is 0 Å². The zero-order valence-electron chi connectivity index (χ0n) is 12.7. The van der Waals surface area contributed by atoms with E-state index in [0.29, 0.717) is 0 Å². The number of aliphatic hydroxyl groups excluding tert-OH is 1. The largest absolute Gasteiger partial charge is 0.392 e. The maximum Gasteiger partial charge on any atom is 0.0956 e. The molecule has 1 aliphatic carbocycles. The van der Waals surface area contributed by atoms with Crippen molar-refractivity contribution in [1.29, 1.82) is 0 Å². The number of aromatic nitrogens is 2. The number of aliphatic hydroxyl groups is 1. The Bertz CT molecular complexity index is 673. The van der Waals surface area contributed by atoms with E-state index >= 15 is 0 Å². The molecule has 1 aromatic heterocycles. The van der Waals surface area contributed by atoms with Gasteiger partial charge in [0, 0.05) is 11.5 Å². The highest BCUT2D eigenvalue weighted by Crippen LogP contribution is 2.50. The molecule has 3 heteroatoms. The third-order valence-electron chi connectivity index (χ3n) is 5.49. The maximum absolute atomic E-state index is 10.9. The average molecular weight is 282 g/mol. The Labute approximate surface area is 125 Å². The number of fused-ring (bicyclic) bond motifs is 3. The van der Waals surface area contributed by atoms with E-state index in [1.54, 1.807) is 0 Å². The molecule has 0 saturated heterocycles. The number of benzene rings is 1. The first-order chi connectivity index (χ1) is 10.1. The van der Waals surface area contributed by atoms with Gasteiger partial charge in [-0.15, -0.1) is 0 Å². The second kappa shape index (κ2) is 4.44. The van der Waals surface area contributed by atoms with Crippen LogP contribution in [-0.4, -0.2) is 20.8 Å². The Balaban J connectivity index is 1.82. The van der Waals surface area contributed by atoms with Crippen molar-refractivity contribution < 1.29 is 5.11 Å². The molecule has 1 aliphatic heterocycles. The molecule has 3 nitrogen and oxygen atoms in total. The van der Waals surface area contributed by atoms with Crippen molar-refractivity contribution in [2.24, 2.45) is 11.3 Å². The first-order valence-corrected chi connectivity index (χ1v) is 7.89. The Morgan fingerprint density at radius 2 is 2.10 bits per heavy atom. The van der Waals surface area contributed by atoms with Crippen LogP contribution in [-0.2, 0) is 0 Å². The standard InChI is InChI=1S/C18H22N2O/c1-18(2)9-5-8-14(17(18)21)16-13-7-4-3-6-12(13)15-10-19-11-20(15)16/h3-4,6-7,10-11,14,16-17,21H,5,8-9H2,1-2H3/t14-,16+,17?/m0/s1. The Kier molecular flexibility index (Phi) is 2.77. The number of nitrogens with zero attached hydrogens (tertiary/aromatic N) is 2. The zero-order valence-corrected chi connectivity index (χ0v) is 12.7. The highest BCUT2D eigenvalue weighted by atomic mass is 16.3. The molecule has 2 aromatic rings. The molecule has 2 aliphatic rings. The molecule has 2 heterocycles. The average Bonchev–Trinajstić information content (AvgIpc) is 3.03. The molecular formula is C18H22N2O. The fraction of sp³-hybridized carbons (Fsp3) is 0.500. The van der Waals surface area contributed by atoms with Gasteiger partial charge in [-0.25, -0.2) is 4.98 Å². The van der Waals surface area contributed by atoms with Crippen LogP contribution in [0.1, 0.15) is 44.7 Å². The summed E-state index contributed by atoms with van der Waals surface area (Å²) in [4.78, 5) is 4.33. The normalized spacial score (nSPS) is 30.0. The lowest BCUT2D eigenvalue weighted by Gasteiger charge is -2.43. The van der Waals surface area contributed by atoms with Crippen LogP contribution in [0, 0.1) is 11.3 Å².